The first kappa shape index (κ1) is 22.9. The van der Waals surface area contributed by atoms with E-state index < -0.39 is 0 Å². The van der Waals surface area contributed by atoms with Crippen molar-refractivity contribution in [3.63, 3.8) is 0 Å². The number of aromatic nitrogens is 1. The van der Waals surface area contributed by atoms with E-state index in [4.69, 9.17) is 9.53 Å². The standard InChI is InChI=1S/C23H26N2O.CH4N2O/c1-15-9-7-11-25-22(15)20-13-17(3)19(12-18(20)4)14-26-23-16(2)8-6-10-21(23)24-5;2-3-1-4/h6-13,24H,14H2,1-5H3;1H,2H2,(H,3,4). The van der Waals surface area contributed by atoms with Crippen molar-refractivity contribution in [1.82, 2.24) is 10.4 Å². The molecule has 2 aromatic carbocycles. The molecule has 4 N–H and O–H groups in total. The average Bonchev–Trinajstić information content (AvgIpc) is 2.75. The summed E-state index contributed by atoms with van der Waals surface area (Å²) in [6, 6.07) is 14.7. The number of ether oxygens (including phenoxy) is 1. The predicted octanol–water partition coefficient (Wildman–Crippen LogP) is 4.21. The molecule has 0 fully saturated rings. The number of hydrogen-bond donors (Lipinski definition) is 3. The number of para-hydroxylation sites is 1. The van der Waals surface area contributed by atoms with Gasteiger partial charge in [0.25, 0.3) is 0 Å². The molecule has 0 atom stereocenters. The normalized spacial score (nSPS) is 9.93. The van der Waals surface area contributed by atoms with Gasteiger partial charge in [-0.05, 0) is 73.7 Å². The molecule has 0 aliphatic rings. The lowest BCUT2D eigenvalue weighted by Crippen LogP contribution is -2.18. The van der Waals surface area contributed by atoms with Gasteiger partial charge in [0.1, 0.15) is 12.4 Å². The van der Waals surface area contributed by atoms with E-state index in [1.165, 1.54) is 27.8 Å². The zero-order chi connectivity index (χ0) is 22.1. The molecule has 0 aliphatic carbocycles. The van der Waals surface area contributed by atoms with Gasteiger partial charge in [-0.2, -0.15) is 0 Å². The summed E-state index contributed by atoms with van der Waals surface area (Å²) in [5, 5.41) is 3.20. The number of amides is 1. The van der Waals surface area contributed by atoms with E-state index in [9.17, 15) is 0 Å². The molecule has 6 nitrogen and oxygen atoms in total. The number of aryl methyl sites for hydroxylation is 4. The van der Waals surface area contributed by atoms with Crippen molar-refractivity contribution in [2.24, 2.45) is 5.84 Å². The van der Waals surface area contributed by atoms with Crippen LogP contribution in [0.25, 0.3) is 11.3 Å². The molecule has 0 radical (unpaired) electrons. The van der Waals surface area contributed by atoms with Gasteiger partial charge in [-0.25, -0.2) is 5.84 Å². The van der Waals surface area contributed by atoms with Crippen LogP contribution < -0.4 is 21.3 Å². The van der Waals surface area contributed by atoms with Crippen molar-refractivity contribution >= 4 is 12.1 Å². The maximum absolute atomic E-state index is 8.94. The largest absolute Gasteiger partial charge is 0.486 e. The quantitative estimate of drug-likeness (QED) is 0.247. The topological polar surface area (TPSA) is 89.3 Å². The van der Waals surface area contributed by atoms with Crippen molar-refractivity contribution in [3.8, 4) is 17.0 Å². The number of anilines is 1. The maximum atomic E-state index is 8.94. The van der Waals surface area contributed by atoms with Crippen molar-refractivity contribution in [1.29, 1.82) is 0 Å². The van der Waals surface area contributed by atoms with E-state index in [1.54, 1.807) is 5.43 Å². The Balaban J connectivity index is 0.000000735. The number of benzene rings is 2. The van der Waals surface area contributed by atoms with Crippen LogP contribution in [0.4, 0.5) is 5.69 Å². The fourth-order valence-electron chi connectivity index (χ4n) is 3.25. The first-order valence-electron chi connectivity index (χ1n) is 9.75. The Hall–Kier alpha value is -3.38. The molecular weight excluding hydrogens is 376 g/mol. The van der Waals surface area contributed by atoms with E-state index in [0.29, 0.717) is 13.0 Å². The van der Waals surface area contributed by atoms with Gasteiger partial charge in [0.15, 0.2) is 0 Å². The SMILES string of the molecule is CNc1cccc(C)c1OCc1cc(C)c(-c2ncccc2C)cc1C.NNC=O. The number of carbonyl (C=O) groups excluding carboxylic acids is 1. The lowest BCUT2D eigenvalue weighted by Gasteiger charge is -2.17. The minimum Gasteiger partial charge on any atom is -0.486 e. The van der Waals surface area contributed by atoms with E-state index >= 15 is 0 Å². The lowest BCUT2D eigenvalue weighted by atomic mass is 9.96. The molecule has 0 unspecified atom stereocenters. The monoisotopic (exact) mass is 406 g/mol. The summed E-state index contributed by atoms with van der Waals surface area (Å²) in [5.74, 6) is 5.32. The third-order valence-corrected chi connectivity index (χ3v) is 4.87. The smallest absolute Gasteiger partial charge is 0.221 e. The number of pyridine rings is 1. The highest BCUT2D eigenvalue weighted by Crippen LogP contribution is 2.31. The summed E-state index contributed by atoms with van der Waals surface area (Å²) >= 11 is 0. The van der Waals surface area contributed by atoms with Gasteiger partial charge in [-0.1, -0.05) is 24.3 Å². The van der Waals surface area contributed by atoms with Gasteiger partial charge in [-0.3, -0.25) is 15.2 Å². The fourth-order valence-corrected chi connectivity index (χ4v) is 3.25. The Labute approximate surface area is 178 Å². The van der Waals surface area contributed by atoms with Crippen molar-refractivity contribution < 1.29 is 9.53 Å². The van der Waals surface area contributed by atoms with Crippen LogP contribution in [0.3, 0.4) is 0 Å². The van der Waals surface area contributed by atoms with Gasteiger partial charge in [0, 0.05) is 18.8 Å². The highest BCUT2D eigenvalue weighted by Gasteiger charge is 2.12. The molecule has 1 heterocycles. The predicted molar refractivity (Wildman–Crippen MR) is 122 cm³/mol. The number of nitrogens with zero attached hydrogens (tertiary/aromatic N) is 1. The van der Waals surface area contributed by atoms with Gasteiger partial charge < -0.3 is 10.1 Å². The Morgan fingerprint density at radius 1 is 1.00 bits per heavy atom. The third kappa shape index (κ3) is 5.58. The Bertz CT molecular complexity index is 1000. The highest BCUT2D eigenvalue weighted by atomic mass is 16.5. The molecule has 30 heavy (non-hydrogen) atoms. The van der Waals surface area contributed by atoms with Crippen molar-refractivity contribution in [2.75, 3.05) is 12.4 Å². The third-order valence-electron chi connectivity index (χ3n) is 4.87. The molecular formula is C24H30N4O2. The van der Waals surface area contributed by atoms with Gasteiger partial charge in [-0.15, -0.1) is 0 Å². The van der Waals surface area contributed by atoms with Crippen LogP contribution in [-0.4, -0.2) is 18.4 Å². The van der Waals surface area contributed by atoms with Crippen LogP contribution in [0.5, 0.6) is 5.75 Å². The molecule has 3 aromatic rings. The van der Waals surface area contributed by atoms with Crippen molar-refractivity contribution in [3.05, 3.63) is 76.5 Å². The zero-order valence-electron chi connectivity index (χ0n) is 18.2. The van der Waals surface area contributed by atoms with Gasteiger partial charge >= 0.3 is 0 Å². The van der Waals surface area contributed by atoms with Crippen LogP contribution in [0.1, 0.15) is 27.8 Å². The molecule has 1 aromatic heterocycles. The molecule has 3 rings (SSSR count). The molecule has 0 saturated carbocycles. The first-order chi connectivity index (χ1) is 14.4. The summed E-state index contributed by atoms with van der Waals surface area (Å²) in [5.41, 5.74) is 11.0. The van der Waals surface area contributed by atoms with Crippen LogP contribution in [0.15, 0.2) is 48.7 Å². The minimum atomic E-state index is 0.403. The van der Waals surface area contributed by atoms with Gasteiger partial charge in [0.05, 0.1) is 11.4 Å². The Kier molecular flexibility index (Phi) is 8.38. The summed E-state index contributed by atoms with van der Waals surface area (Å²) in [7, 11) is 1.92. The second kappa shape index (κ2) is 11.0. The summed E-state index contributed by atoms with van der Waals surface area (Å²) in [4.78, 5) is 13.5. The van der Waals surface area contributed by atoms with Crippen molar-refractivity contribution in [2.45, 2.75) is 34.3 Å². The number of nitrogens with one attached hydrogen (secondary N) is 2. The molecule has 6 heteroatoms. The number of carbonyl (C=O) groups is 1. The van der Waals surface area contributed by atoms with E-state index in [0.717, 1.165) is 22.7 Å². The molecule has 1 amide bonds. The molecule has 0 aliphatic heterocycles. The Morgan fingerprint density at radius 3 is 2.33 bits per heavy atom. The van der Waals surface area contributed by atoms with E-state index in [2.05, 4.69) is 68.1 Å². The molecule has 0 bridgehead atoms. The second-order valence-electron chi connectivity index (χ2n) is 7.04. The number of nitrogens with two attached hydrogens (primary N) is 1. The first-order valence-corrected chi connectivity index (χ1v) is 9.75. The average molecular weight is 407 g/mol. The highest BCUT2D eigenvalue weighted by molar-refractivity contribution is 5.68. The number of hydrogen-bond acceptors (Lipinski definition) is 5. The molecule has 0 saturated heterocycles. The second-order valence-corrected chi connectivity index (χ2v) is 7.04. The molecule has 158 valence electrons. The van der Waals surface area contributed by atoms with E-state index in [1.807, 2.05) is 31.4 Å². The fraction of sp³-hybridized carbons (Fsp3) is 0.250. The lowest BCUT2D eigenvalue weighted by molar-refractivity contribution is -0.109. The van der Waals surface area contributed by atoms with Crippen LogP contribution in [0, 0.1) is 27.7 Å². The number of hydrazine groups is 1. The summed E-state index contributed by atoms with van der Waals surface area (Å²) < 4.78 is 6.17. The van der Waals surface area contributed by atoms with E-state index in [-0.39, 0.29) is 0 Å². The Morgan fingerprint density at radius 2 is 1.70 bits per heavy atom. The van der Waals surface area contributed by atoms with Gasteiger partial charge in [0.2, 0.25) is 6.41 Å². The summed E-state index contributed by atoms with van der Waals surface area (Å²) in [6.07, 6.45) is 2.26. The zero-order valence-corrected chi connectivity index (χ0v) is 18.2. The number of rotatable bonds is 6. The van der Waals surface area contributed by atoms with Crippen LogP contribution in [0.2, 0.25) is 0 Å². The maximum Gasteiger partial charge on any atom is 0.221 e. The summed E-state index contributed by atoms with van der Waals surface area (Å²) in [6.45, 7) is 9.00. The minimum absolute atomic E-state index is 0.403. The molecule has 0 spiro atoms. The van der Waals surface area contributed by atoms with Crippen LogP contribution in [-0.2, 0) is 11.4 Å². The van der Waals surface area contributed by atoms with Crippen LogP contribution >= 0.6 is 0 Å².